The van der Waals surface area contributed by atoms with Gasteiger partial charge in [-0.05, 0) is 66.2 Å². The van der Waals surface area contributed by atoms with Gasteiger partial charge in [-0.1, -0.05) is 46.4 Å². The van der Waals surface area contributed by atoms with Crippen LogP contribution in [0.3, 0.4) is 0 Å². The second-order valence-electron chi connectivity index (χ2n) is 7.17. The Morgan fingerprint density at radius 1 is 0.784 bits per heavy atom. The number of halogens is 7. The van der Waals surface area contributed by atoms with Crippen molar-refractivity contribution in [1.82, 2.24) is 15.0 Å². The van der Waals surface area contributed by atoms with Crippen LogP contribution in [0, 0.1) is 0 Å². The molecule has 4 aromatic rings. The molecule has 3 aromatic carbocycles. The number of ether oxygens (including phenoxy) is 1. The highest BCUT2D eigenvalue weighted by Gasteiger charge is 2.30. The quantitative estimate of drug-likeness (QED) is 0.167. The maximum atomic E-state index is 12.3. The Morgan fingerprint density at radius 3 is 2.03 bits per heavy atom. The molecule has 1 heterocycles. The number of nitrogens with one attached hydrogen (secondary N) is 2. The third-order valence-corrected chi connectivity index (χ3v) is 5.52. The molecule has 0 amide bonds. The molecule has 0 aliphatic rings. The molecule has 0 saturated carbocycles. The van der Waals surface area contributed by atoms with Gasteiger partial charge in [-0.15, -0.1) is 13.2 Å². The van der Waals surface area contributed by atoms with E-state index < -0.39 is 6.36 Å². The number of nitrogens with zero attached hydrogens (tertiary/aromatic N) is 4. The summed E-state index contributed by atoms with van der Waals surface area (Å²) in [6.45, 7) is 0. The van der Waals surface area contributed by atoms with E-state index in [9.17, 15) is 13.2 Å². The molecule has 0 atom stereocenters. The van der Waals surface area contributed by atoms with E-state index in [1.54, 1.807) is 24.3 Å². The lowest BCUT2D eigenvalue weighted by Gasteiger charge is -2.11. The average molecular weight is 588 g/mol. The molecule has 0 saturated heterocycles. The number of benzene rings is 3. The Hall–Kier alpha value is -3.31. The van der Waals surface area contributed by atoms with Crippen LogP contribution in [0.4, 0.5) is 30.8 Å². The van der Waals surface area contributed by atoms with Crippen LogP contribution in [0.1, 0.15) is 5.56 Å². The maximum absolute atomic E-state index is 12.3. The predicted octanol–water partition coefficient (Wildman–Crippen LogP) is 8.24. The minimum absolute atomic E-state index is 0.0248. The predicted molar refractivity (Wildman–Crippen MR) is 139 cm³/mol. The van der Waals surface area contributed by atoms with Gasteiger partial charge in [0.1, 0.15) is 5.75 Å². The van der Waals surface area contributed by atoms with Crippen LogP contribution in [0.2, 0.25) is 20.1 Å². The molecule has 0 radical (unpaired) electrons. The summed E-state index contributed by atoms with van der Waals surface area (Å²) >= 11 is 24.7. The first-order valence-electron chi connectivity index (χ1n) is 10.1. The number of alkyl halides is 3. The monoisotopic (exact) mass is 586 g/mol. The van der Waals surface area contributed by atoms with E-state index in [4.69, 9.17) is 46.4 Å². The van der Waals surface area contributed by atoms with Gasteiger partial charge < -0.3 is 10.1 Å². The van der Waals surface area contributed by atoms with Gasteiger partial charge in [-0.25, -0.2) is 5.43 Å². The fourth-order valence-corrected chi connectivity index (χ4v) is 4.04. The minimum Gasteiger partial charge on any atom is -0.406 e. The van der Waals surface area contributed by atoms with Gasteiger partial charge in [-0.3, -0.25) is 0 Å². The number of rotatable bonds is 7. The van der Waals surface area contributed by atoms with E-state index in [0.717, 1.165) is 12.1 Å². The van der Waals surface area contributed by atoms with Gasteiger partial charge in [0.25, 0.3) is 0 Å². The third kappa shape index (κ3) is 7.59. The highest BCUT2D eigenvalue weighted by molar-refractivity contribution is 6.41. The third-order valence-electron chi connectivity index (χ3n) is 4.46. The first-order valence-corrected chi connectivity index (χ1v) is 11.7. The zero-order valence-electron chi connectivity index (χ0n) is 18.2. The molecule has 4 rings (SSSR count). The van der Waals surface area contributed by atoms with Crippen molar-refractivity contribution in [1.29, 1.82) is 0 Å². The highest BCUT2D eigenvalue weighted by Crippen LogP contribution is 2.36. The lowest BCUT2D eigenvalue weighted by atomic mass is 10.2. The molecule has 0 bridgehead atoms. The summed E-state index contributed by atoms with van der Waals surface area (Å²) in [7, 11) is 0. The summed E-state index contributed by atoms with van der Waals surface area (Å²) < 4.78 is 40.8. The first-order chi connectivity index (χ1) is 17.6. The topological polar surface area (TPSA) is 84.3 Å². The van der Waals surface area contributed by atoms with Gasteiger partial charge in [0.15, 0.2) is 5.82 Å². The van der Waals surface area contributed by atoms with Gasteiger partial charge >= 0.3 is 6.36 Å². The van der Waals surface area contributed by atoms with Crippen LogP contribution >= 0.6 is 46.4 Å². The van der Waals surface area contributed by atoms with Gasteiger partial charge in [-0.2, -0.15) is 20.1 Å². The van der Waals surface area contributed by atoms with E-state index in [0.29, 0.717) is 26.9 Å². The lowest BCUT2D eigenvalue weighted by Crippen LogP contribution is -2.17. The molecule has 0 aliphatic carbocycles. The largest absolute Gasteiger partial charge is 0.573 e. The Labute approximate surface area is 228 Å². The van der Waals surface area contributed by atoms with E-state index in [-0.39, 0.29) is 33.5 Å². The molecule has 0 spiro atoms. The van der Waals surface area contributed by atoms with Crippen LogP contribution in [-0.2, 0) is 0 Å². The molecular weight excluding hydrogens is 575 g/mol. The molecule has 0 aliphatic heterocycles. The standard InChI is InChI=1S/C23H13Cl4F3N6O/c24-13-3-5-15(6-4-13)32-21-33-20(19-17(26)9-14(25)10-18(19)27)34-22(35-21)36-31-11-12-1-7-16(8-2-12)37-23(28,29)30/h1-11H,(H2,32,33,34,35,36). The Kier molecular flexibility index (Phi) is 8.23. The number of hydrazone groups is 1. The van der Waals surface area contributed by atoms with Gasteiger partial charge in [0.05, 0.1) is 21.8 Å². The smallest absolute Gasteiger partial charge is 0.406 e. The summed E-state index contributed by atoms with van der Waals surface area (Å²) in [6, 6.07) is 14.9. The molecule has 2 N–H and O–H groups in total. The van der Waals surface area contributed by atoms with Crippen LogP contribution < -0.4 is 15.5 Å². The molecule has 14 heteroatoms. The molecule has 0 fully saturated rings. The SMILES string of the molecule is FC(F)(F)Oc1ccc(C=NNc2nc(Nc3ccc(Cl)cc3)nc(-c3c(Cl)cc(Cl)cc3Cl)n2)cc1. The van der Waals surface area contributed by atoms with Crippen LogP contribution in [0.25, 0.3) is 11.4 Å². The fraction of sp³-hybridized carbons (Fsp3) is 0.0435. The highest BCUT2D eigenvalue weighted by atomic mass is 35.5. The van der Waals surface area contributed by atoms with Crippen molar-refractivity contribution in [3.63, 3.8) is 0 Å². The lowest BCUT2D eigenvalue weighted by molar-refractivity contribution is -0.274. The zero-order valence-corrected chi connectivity index (χ0v) is 21.2. The van der Waals surface area contributed by atoms with Crippen molar-refractivity contribution in [2.45, 2.75) is 6.36 Å². The van der Waals surface area contributed by atoms with Crippen molar-refractivity contribution in [3.8, 4) is 17.1 Å². The molecule has 37 heavy (non-hydrogen) atoms. The van der Waals surface area contributed by atoms with E-state index in [1.165, 1.54) is 30.5 Å². The number of hydrogen-bond acceptors (Lipinski definition) is 7. The van der Waals surface area contributed by atoms with E-state index >= 15 is 0 Å². The van der Waals surface area contributed by atoms with Crippen molar-refractivity contribution in [2.75, 3.05) is 10.7 Å². The Bertz CT molecular complexity index is 1410. The number of anilines is 3. The molecular formula is C23H13Cl4F3N6O. The molecule has 7 nitrogen and oxygen atoms in total. The Morgan fingerprint density at radius 2 is 1.41 bits per heavy atom. The summed E-state index contributed by atoms with van der Waals surface area (Å²) in [4.78, 5) is 13.0. The van der Waals surface area contributed by atoms with Crippen molar-refractivity contribution in [2.24, 2.45) is 5.10 Å². The van der Waals surface area contributed by atoms with Crippen LogP contribution in [-0.4, -0.2) is 27.5 Å². The first kappa shape index (κ1) is 26.7. The molecule has 190 valence electrons. The zero-order chi connectivity index (χ0) is 26.6. The van der Waals surface area contributed by atoms with Crippen LogP contribution in [0.15, 0.2) is 65.8 Å². The summed E-state index contributed by atoms with van der Waals surface area (Å²) in [5.41, 5.74) is 4.11. The summed E-state index contributed by atoms with van der Waals surface area (Å²) in [6.07, 6.45) is -3.42. The van der Waals surface area contributed by atoms with E-state index in [2.05, 4.69) is 35.5 Å². The second kappa shape index (κ2) is 11.4. The summed E-state index contributed by atoms with van der Waals surface area (Å²) in [5, 5.41) is 8.41. The fourth-order valence-electron chi connectivity index (χ4n) is 2.93. The van der Waals surface area contributed by atoms with Crippen LogP contribution in [0.5, 0.6) is 5.75 Å². The van der Waals surface area contributed by atoms with Gasteiger partial charge in [0, 0.05) is 15.7 Å². The van der Waals surface area contributed by atoms with Crippen molar-refractivity contribution in [3.05, 3.63) is 86.3 Å². The number of hydrogen-bond donors (Lipinski definition) is 2. The van der Waals surface area contributed by atoms with Crippen molar-refractivity contribution < 1.29 is 17.9 Å². The normalized spacial score (nSPS) is 11.5. The Balaban J connectivity index is 1.61. The second-order valence-corrected chi connectivity index (χ2v) is 8.86. The average Bonchev–Trinajstić information content (AvgIpc) is 2.80. The molecule has 0 unspecified atom stereocenters. The van der Waals surface area contributed by atoms with Crippen molar-refractivity contribution >= 4 is 70.2 Å². The minimum atomic E-state index is -4.78. The van der Waals surface area contributed by atoms with E-state index in [1.807, 2.05) is 0 Å². The van der Waals surface area contributed by atoms with Gasteiger partial charge in [0.2, 0.25) is 11.9 Å². The maximum Gasteiger partial charge on any atom is 0.573 e. The summed E-state index contributed by atoms with van der Waals surface area (Å²) in [5.74, 6) is -0.0589. The number of aromatic nitrogens is 3. The molecule has 1 aromatic heterocycles.